The van der Waals surface area contributed by atoms with Crippen molar-refractivity contribution in [3.05, 3.63) is 89.2 Å². The molecule has 0 radical (unpaired) electrons. The van der Waals surface area contributed by atoms with Gasteiger partial charge in [-0.15, -0.1) is 0 Å². The molecule has 1 amide bonds. The predicted octanol–water partition coefficient (Wildman–Crippen LogP) is 5.21. The van der Waals surface area contributed by atoms with E-state index in [1.54, 1.807) is 32.4 Å². The molecule has 8 nitrogen and oxygen atoms in total. The van der Waals surface area contributed by atoms with E-state index in [0.29, 0.717) is 47.6 Å². The number of aryl methyl sites for hydroxylation is 1. The molecule has 1 aliphatic heterocycles. The molecule has 1 saturated heterocycles. The SMILES string of the molecule is COc1ccc(N2CCN(C(=O)c3ccc(OC)c(Oc4nc(Cc5ccc(C)cc5)ns4)c3)CC2)cc1. The summed E-state index contributed by atoms with van der Waals surface area (Å²) in [5.41, 5.74) is 4.02. The number of piperazine rings is 1. The quantitative estimate of drug-likeness (QED) is 0.310. The number of hydrogen-bond donors (Lipinski definition) is 0. The van der Waals surface area contributed by atoms with Gasteiger partial charge in [-0.2, -0.15) is 9.36 Å². The number of carbonyl (C=O) groups is 1. The predicted molar refractivity (Wildman–Crippen MR) is 148 cm³/mol. The average Bonchev–Trinajstić information content (AvgIpc) is 3.40. The molecule has 5 rings (SSSR count). The van der Waals surface area contributed by atoms with Crippen LogP contribution in [0.3, 0.4) is 0 Å². The minimum absolute atomic E-state index is 0.0378. The number of methoxy groups -OCH3 is 2. The van der Waals surface area contributed by atoms with Crippen molar-refractivity contribution in [2.75, 3.05) is 45.3 Å². The molecule has 0 bridgehead atoms. The van der Waals surface area contributed by atoms with Crippen molar-refractivity contribution in [1.82, 2.24) is 14.3 Å². The van der Waals surface area contributed by atoms with E-state index in [0.717, 1.165) is 30.1 Å². The van der Waals surface area contributed by atoms with E-state index in [9.17, 15) is 4.79 Å². The number of carbonyl (C=O) groups excluding carboxylic acids is 1. The van der Waals surface area contributed by atoms with Gasteiger partial charge >= 0.3 is 0 Å². The molecular formula is C29H30N4O4S. The van der Waals surface area contributed by atoms with Crippen LogP contribution in [0, 0.1) is 6.92 Å². The van der Waals surface area contributed by atoms with Crippen molar-refractivity contribution in [3.63, 3.8) is 0 Å². The van der Waals surface area contributed by atoms with Gasteiger partial charge in [-0.05, 0) is 55.0 Å². The monoisotopic (exact) mass is 530 g/mol. The number of amides is 1. The molecular weight excluding hydrogens is 500 g/mol. The number of aromatic nitrogens is 2. The maximum Gasteiger partial charge on any atom is 0.298 e. The fourth-order valence-electron chi connectivity index (χ4n) is 4.37. The summed E-state index contributed by atoms with van der Waals surface area (Å²) in [6, 6.07) is 21.5. The van der Waals surface area contributed by atoms with Crippen LogP contribution in [0.4, 0.5) is 5.69 Å². The number of rotatable bonds is 8. The van der Waals surface area contributed by atoms with Crippen molar-refractivity contribution >= 4 is 23.1 Å². The average molecular weight is 531 g/mol. The smallest absolute Gasteiger partial charge is 0.298 e. The van der Waals surface area contributed by atoms with Crippen LogP contribution in [0.1, 0.15) is 27.3 Å². The minimum Gasteiger partial charge on any atom is -0.497 e. The highest BCUT2D eigenvalue weighted by Gasteiger charge is 2.24. The van der Waals surface area contributed by atoms with Crippen LogP contribution in [0.5, 0.6) is 22.4 Å². The Morgan fingerprint density at radius 3 is 2.32 bits per heavy atom. The van der Waals surface area contributed by atoms with Crippen LogP contribution in [0.25, 0.3) is 0 Å². The maximum absolute atomic E-state index is 13.3. The summed E-state index contributed by atoms with van der Waals surface area (Å²) < 4.78 is 21.2. The van der Waals surface area contributed by atoms with E-state index in [1.165, 1.54) is 17.1 Å². The lowest BCUT2D eigenvalue weighted by atomic mass is 10.1. The second-order valence-corrected chi connectivity index (χ2v) is 9.80. The first-order valence-electron chi connectivity index (χ1n) is 12.4. The van der Waals surface area contributed by atoms with Crippen molar-refractivity contribution in [2.45, 2.75) is 13.3 Å². The lowest BCUT2D eigenvalue weighted by Gasteiger charge is -2.36. The molecule has 0 unspecified atom stereocenters. The summed E-state index contributed by atoms with van der Waals surface area (Å²) in [6.07, 6.45) is 0.623. The molecule has 0 spiro atoms. The molecule has 3 aromatic carbocycles. The Balaban J connectivity index is 1.24. The molecule has 38 heavy (non-hydrogen) atoms. The summed E-state index contributed by atoms with van der Waals surface area (Å²) in [5.74, 6) is 2.45. The second kappa shape index (κ2) is 11.5. The van der Waals surface area contributed by atoms with Gasteiger partial charge in [0.25, 0.3) is 11.1 Å². The zero-order valence-electron chi connectivity index (χ0n) is 21.7. The lowest BCUT2D eigenvalue weighted by molar-refractivity contribution is 0.0746. The van der Waals surface area contributed by atoms with Gasteiger partial charge in [0.1, 0.15) is 5.75 Å². The Hall–Kier alpha value is -4.11. The first-order valence-corrected chi connectivity index (χ1v) is 13.2. The van der Waals surface area contributed by atoms with Crippen LogP contribution in [0.2, 0.25) is 0 Å². The van der Waals surface area contributed by atoms with Gasteiger partial charge in [-0.3, -0.25) is 4.79 Å². The van der Waals surface area contributed by atoms with E-state index >= 15 is 0 Å². The molecule has 0 atom stereocenters. The van der Waals surface area contributed by atoms with Crippen LogP contribution in [0.15, 0.2) is 66.7 Å². The summed E-state index contributed by atoms with van der Waals surface area (Å²) >= 11 is 1.18. The molecule has 1 fully saturated rings. The molecule has 1 aliphatic rings. The largest absolute Gasteiger partial charge is 0.497 e. The van der Waals surface area contributed by atoms with Crippen LogP contribution in [-0.4, -0.2) is 60.6 Å². The zero-order chi connectivity index (χ0) is 26.5. The fourth-order valence-corrected chi connectivity index (χ4v) is 4.93. The molecule has 0 N–H and O–H groups in total. The van der Waals surface area contributed by atoms with Gasteiger partial charge in [-0.25, -0.2) is 0 Å². The standard InChI is InChI=1S/C29H30N4O4S/c1-20-4-6-21(7-5-20)18-27-30-29(38-31-27)37-26-19-22(8-13-25(26)36-3)28(34)33-16-14-32(15-17-33)23-9-11-24(35-2)12-10-23/h4-13,19H,14-18H2,1-3H3. The van der Waals surface area contributed by atoms with Gasteiger partial charge in [0.05, 0.1) is 14.2 Å². The van der Waals surface area contributed by atoms with Gasteiger partial charge in [0, 0.05) is 55.4 Å². The highest BCUT2D eigenvalue weighted by Crippen LogP contribution is 2.34. The molecule has 0 aliphatic carbocycles. The Labute approximate surface area is 226 Å². The Bertz CT molecular complexity index is 1380. The van der Waals surface area contributed by atoms with Gasteiger partial charge < -0.3 is 24.0 Å². The first kappa shape index (κ1) is 25.5. The van der Waals surface area contributed by atoms with E-state index in [1.807, 2.05) is 29.2 Å². The van der Waals surface area contributed by atoms with E-state index in [2.05, 4.69) is 45.4 Å². The van der Waals surface area contributed by atoms with Crippen LogP contribution in [-0.2, 0) is 6.42 Å². The first-order chi connectivity index (χ1) is 18.5. The van der Waals surface area contributed by atoms with Crippen molar-refractivity contribution in [1.29, 1.82) is 0 Å². The third-order valence-electron chi connectivity index (χ3n) is 6.54. The number of nitrogens with zero attached hydrogens (tertiary/aromatic N) is 4. The van der Waals surface area contributed by atoms with Gasteiger partial charge in [-0.1, -0.05) is 29.8 Å². The topological polar surface area (TPSA) is 77.0 Å². The molecule has 9 heteroatoms. The summed E-state index contributed by atoms with van der Waals surface area (Å²) in [6.45, 7) is 4.83. The Kier molecular flexibility index (Phi) is 7.74. The molecule has 1 aromatic heterocycles. The van der Waals surface area contributed by atoms with Crippen molar-refractivity contribution in [3.8, 4) is 22.4 Å². The molecule has 4 aromatic rings. The highest BCUT2D eigenvalue weighted by molar-refractivity contribution is 7.07. The van der Waals surface area contributed by atoms with Crippen LogP contribution < -0.4 is 19.1 Å². The van der Waals surface area contributed by atoms with Crippen molar-refractivity contribution in [2.24, 2.45) is 0 Å². The fraction of sp³-hybridized carbons (Fsp3) is 0.276. The Morgan fingerprint density at radius 2 is 1.63 bits per heavy atom. The van der Waals surface area contributed by atoms with E-state index in [4.69, 9.17) is 14.2 Å². The minimum atomic E-state index is -0.0378. The third kappa shape index (κ3) is 5.89. The van der Waals surface area contributed by atoms with Crippen molar-refractivity contribution < 1.29 is 19.0 Å². The number of hydrogen-bond acceptors (Lipinski definition) is 8. The number of ether oxygens (including phenoxy) is 3. The number of benzene rings is 3. The van der Waals surface area contributed by atoms with E-state index in [-0.39, 0.29) is 5.91 Å². The third-order valence-corrected chi connectivity index (χ3v) is 7.18. The molecule has 196 valence electrons. The summed E-state index contributed by atoms with van der Waals surface area (Å²) in [4.78, 5) is 22.0. The van der Waals surface area contributed by atoms with Gasteiger partial charge in [0.2, 0.25) is 0 Å². The van der Waals surface area contributed by atoms with Gasteiger partial charge in [0.15, 0.2) is 17.3 Å². The summed E-state index contributed by atoms with van der Waals surface area (Å²) in [7, 11) is 3.23. The number of anilines is 1. The second-order valence-electron chi connectivity index (χ2n) is 9.08. The maximum atomic E-state index is 13.3. The lowest BCUT2D eigenvalue weighted by Crippen LogP contribution is -2.48. The van der Waals surface area contributed by atoms with Crippen LogP contribution >= 0.6 is 11.5 Å². The summed E-state index contributed by atoms with van der Waals surface area (Å²) in [5, 5.41) is 0.406. The highest BCUT2D eigenvalue weighted by atomic mass is 32.1. The molecule has 2 heterocycles. The zero-order valence-corrected chi connectivity index (χ0v) is 22.5. The molecule has 0 saturated carbocycles. The Morgan fingerprint density at radius 1 is 0.895 bits per heavy atom. The normalized spacial score (nSPS) is 13.3. The van der Waals surface area contributed by atoms with E-state index < -0.39 is 0 Å².